The largest absolute Gasteiger partial charge is 0.462 e. The van der Waals surface area contributed by atoms with E-state index < -0.39 is 0 Å². The zero-order valence-electron chi connectivity index (χ0n) is 14.9. The molecule has 0 bridgehead atoms. The predicted octanol–water partition coefficient (Wildman–Crippen LogP) is 3.69. The predicted molar refractivity (Wildman–Crippen MR) is 101 cm³/mol. The monoisotopic (exact) mass is 348 g/mol. The molecule has 0 amide bonds. The van der Waals surface area contributed by atoms with Gasteiger partial charge in [0.05, 0.1) is 35.0 Å². The van der Waals surface area contributed by atoms with Crippen LogP contribution < -0.4 is 4.90 Å². The molecule has 1 aromatic carbocycles. The second-order valence-electron chi connectivity index (χ2n) is 6.20. The lowest BCUT2D eigenvalue weighted by Gasteiger charge is -2.23. The topological polar surface area (TPSA) is 67.7 Å². The summed E-state index contributed by atoms with van der Waals surface area (Å²) in [5.74, 6) is -0.329. The second-order valence-corrected chi connectivity index (χ2v) is 6.20. The Kier molecular flexibility index (Phi) is 4.24. The summed E-state index contributed by atoms with van der Waals surface area (Å²) in [6.07, 6.45) is 7.32. The summed E-state index contributed by atoms with van der Waals surface area (Å²) in [7, 11) is 0. The van der Waals surface area contributed by atoms with E-state index in [9.17, 15) is 4.79 Å². The average molecular weight is 348 g/mol. The first-order valence-electron chi connectivity index (χ1n) is 8.88. The third-order valence-corrected chi connectivity index (χ3v) is 4.57. The van der Waals surface area contributed by atoms with Crippen molar-refractivity contribution in [1.29, 1.82) is 0 Å². The lowest BCUT2D eigenvalue weighted by Crippen LogP contribution is -2.23. The van der Waals surface area contributed by atoms with Gasteiger partial charge in [0.25, 0.3) is 0 Å². The van der Waals surface area contributed by atoms with E-state index in [1.807, 2.05) is 25.3 Å². The number of ether oxygens (including phenoxy) is 1. The van der Waals surface area contributed by atoms with Gasteiger partial charge >= 0.3 is 5.97 Å². The number of benzene rings is 1. The number of hydrogen-bond acceptors (Lipinski definition) is 6. The molecule has 0 fully saturated rings. The molecule has 0 spiro atoms. The number of hydrogen-bond donors (Lipinski definition) is 0. The number of anilines is 1. The number of esters is 1. The van der Waals surface area contributed by atoms with Crippen LogP contribution in [0.4, 0.5) is 5.69 Å². The summed E-state index contributed by atoms with van der Waals surface area (Å²) >= 11 is 0. The van der Waals surface area contributed by atoms with Gasteiger partial charge in [-0.2, -0.15) is 0 Å². The average Bonchev–Trinajstić information content (AvgIpc) is 2.97. The van der Waals surface area contributed by atoms with Crippen LogP contribution in [0.2, 0.25) is 0 Å². The standard InChI is InChI=1S/C20H20N4O2/c1-3-6-16-17-9-13-10-21-11-22-18(13)14-7-5-8-15(20(25)26-4-2)19(14)24(17)12-23-16/h5,7-11H,3-4,6,12H2,1-2H3. The van der Waals surface area contributed by atoms with Crippen LogP contribution in [-0.4, -0.2) is 34.9 Å². The molecular weight excluding hydrogens is 328 g/mol. The number of rotatable bonds is 4. The zero-order chi connectivity index (χ0) is 18.1. The second kappa shape index (κ2) is 6.71. The van der Waals surface area contributed by atoms with E-state index in [0.29, 0.717) is 18.8 Å². The molecule has 26 heavy (non-hydrogen) atoms. The Labute approximate surface area is 152 Å². The molecule has 6 nitrogen and oxygen atoms in total. The highest BCUT2D eigenvalue weighted by Gasteiger charge is 2.32. The summed E-state index contributed by atoms with van der Waals surface area (Å²) in [5, 5.41) is 0. The van der Waals surface area contributed by atoms with Crippen molar-refractivity contribution in [3.8, 4) is 11.3 Å². The molecule has 132 valence electrons. The van der Waals surface area contributed by atoms with Gasteiger partial charge in [0.1, 0.15) is 13.0 Å². The first-order chi connectivity index (χ1) is 12.7. The minimum absolute atomic E-state index is 0.329. The molecule has 6 heteroatoms. The fourth-order valence-electron chi connectivity index (χ4n) is 3.48. The fraction of sp³-hybridized carbons (Fsp3) is 0.300. The van der Waals surface area contributed by atoms with E-state index >= 15 is 0 Å². The molecule has 0 saturated carbocycles. The smallest absolute Gasteiger partial charge is 0.340 e. The van der Waals surface area contributed by atoms with Crippen molar-refractivity contribution in [2.45, 2.75) is 26.7 Å². The van der Waals surface area contributed by atoms with E-state index in [0.717, 1.165) is 46.8 Å². The normalized spacial score (nSPS) is 14.6. The van der Waals surface area contributed by atoms with Gasteiger partial charge < -0.3 is 9.64 Å². The maximum absolute atomic E-state index is 12.6. The molecular formula is C20H20N4O2. The molecule has 3 heterocycles. The van der Waals surface area contributed by atoms with Crippen LogP contribution in [0.15, 0.2) is 41.4 Å². The first-order valence-corrected chi connectivity index (χ1v) is 8.88. The zero-order valence-corrected chi connectivity index (χ0v) is 14.9. The van der Waals surface area contributed by atoms with Gasteiger partial charge in [0.2, 0.25) is 0 Å². The van der Waals surface area contributed by atoms with Crippen LogP contribution >= 0.6 is 0 Å². The lowest BCUT2D eigenvalue weighted by molar-refractivity contribution is 0.0527. The van der Waals surface area contributed by atoms with Gasteiger partial charge in [-0.05, 0) is 25.5 Å². The molecule has 0 saturated heterocycles. The quantitative estimate of drug-likeness (QED) is 0.788. The lowest BCUT2D eigenvalue weighted by atomic mass is 10.0. The SMILES string of the molecule is CCCC1=NCN2C1=Cc1cncnc1-c1cccc(C(=O)OCC)c12. The van der Waals surface area contributed by atoms with E-state index in [-0.39, 0.29) is 5.97 Å². The summed E-state index contributed by atoms with van der Waals surface area (Å²) in [4.78, 5) is 28.1. The summed E-state index contributed by atoms with van der Waals surface area (Å²) in [5.41, 5.74) is 6.05. The van der Waals surface area contributed by atoms with Crippen molar-refractivity contribution in [1.82, 2.24) is 9.97 Å². The van der Waals surface area contributed by atoms with Crippen LogP contribution in [0, 0.1) is 0 Å². The highest BCUT2D eigenvalue weighted by Crippen LogP contribution is 2.42. The maximum atomic E-state index is 12.6. The van der Waals surface area contributed by atoms with Crippen molar-refractivity contribution in [3.63, 3.8) is 0 Å². The van der Waals surface area contributed by atoms with E-state index in [1.165, 1.54) is 6.33 Å². The van der Waals surface area contributed by atoms with Crippen molar-refractivity contribution >= 4 is 23.4 Å². The van der Waals surface area contributed by atoms with Gasteiger partial charge in [-0.1, -0.05) is 25.5 Å². The number of allylic oxidation sites excluding steroid dienone is 1. The van der Waals surface area contributed by atoms with Crippen molar-refractivity contribution < 1.29 is 9.53 Å². The number of fused-ring (bicyclic) bond motifs is 5. The van der Waals surface area contributed by atoms with Crippen molar-refractivity contribution in [3.05, 3.63) is 47.5 Å². The van der Waals surface area contributed by atoms with Crippen molar-refractivity contribution in [2.75, 3.05) is 18.2 Å². The number of nitrogens with zero attached hydrogens (tertiary/aromatic N) is 4. The summed E-state index contributed by atoms with van der Waals surface area (Å²) in [6, 6.07) is 5.66. The van der Waals surface area contributed by atoms with E-state index in [2.05, 4.69) is 27.9 Å². The van der Waals surface area contributed by atoms with Gasteiger partial charge in [0, 0.05) is 17.3 Å². The third-order valence-electron chi connectivity index (χ3n) is 4.57. The van der Waals surface area contributed by atoms with E-state index in [1.54, 1.807) is 6.07 Å². The van der Waals surface area contributed by atoms with Crippen LogP contribution in [0.3, 0.4) is 0 Å². The Morgan fingerprint density at radius 1 is 1.31 bits per heavy atom. The minimum atomic E-state index is -0.329. The number of carbonyl (C=O) groups excluding carboxylic acids is 1. The molecule has 0 unspecified atom stereocenters. The Balaban J connectivity index is 1.96. The Morgan fingerprint density at radius 2 is 2.19 bits per heavy atom. The summed E-state index contributed by atoms with van der Waals surface area (Å²) in [6.45, 7) is 4.77. The fourth-order valence-corrected chi connectivity index (χ4v) is 3.48. The summed E-state index contributed by atoms with van der Waals surface area (Å²) < 4.78 is 5.29. The molecule has 2 aliphatic heterocycles. The highest BCUT2D eigenvalue weighted by atomic mass is 16.5. The Bertz CT molecular complexity index is 933. The minimum Gasteiger partial charge on any atom is -0.462 e. The van der Waals surface area contributed by atoms with Gasteiger partial charge in [-0.3, -0.25) is 4.99 Å². The molecule has 0 aliphatic carbocycles. The van der Waals surface area contributed by atoms with Gasteiger partial charge in [-0.25, -0.2) is 14.8 Å². The number of aliphatic imine (C=N–C) groups is 1. The van der Waals surface area contributed by atoms with Crippen LogP contribution in [-0.2, 0) is 4.74 Å². The highest BCUT2D eigenvalue weighted by molar-refractivity contribution is 6.13. The number of para-hydroxylation sites is 1. The molecule has 4 rings (SSSR count). The molecule has 0 N–H and O–H groups in total. The number of aromatic nitrogens is 2. The van der Waals surface area contributed by atoms with Gasteiger partial charge in [0.15, 0.2) is 0 Å². The third kappa shape index (κ3) is 2.58. The molecule has 2 aromatic rings. The maximum Gasteiger partial charge on any atom is 0.340 e. The van der Waals surface area contributed by atoms with Crippen LogP contribution in [0.25, 0.3) is 17.3 Å². The van der Waals surface area contributed by atoms with Crippen LogP contribution in [0.5, 0.6) is 0 Å². The Morgan fingerprint density at radius 3 is 3.00 bits per heavy atom. The van der Waals surface area contributed by atoms with Crippen LogP contribution in [0.1, 0.15) is 42.6 Å². The molecule has 1 aromatic heterocycles. The molecule has 2 aliphatic rings. The van der Waals surface area contributed by atoms with Crippen molar-refractivity contribution in [2.24, 2.45) is 4.99 Å². The molecule has 0 atom stereocenters. The molecule has 0 radical (unpaired) electrons. The number of carbonyl (C=O) groups is 1. The van der Waals surface area contributed by atoms with E-state index in [4.69, 9.17) is 9.73 Å². The van der Waals surface area contributed by atoms with Gasteiger partial charge in [-0.15, -0.1) is 0 Å². The first kappa shape index (κ1) is 16.4. The Hall–Kier alpha value is -3.02.